The quantitative estimate of drug-likeness (QED) is 0.786. The Morgan fingerprint density at radius 3 is 2.36 bits per heavy atom. The molecule has 2 aromatic rings. The minimum atomic E-state index is -1.03. The van der Waals surface area contributed by atoms with Gasteiger partial charge in [-0.05, 0) is 64.6 Å². The Morgan fingerprint density at radius 1 is 1.18 bits per heavy atom. The van der Waals surface area contributed by atoms with Gasteiger partial charge in [-0.25, -0.2) is 4.39 Å². The molecule has 0 spiro atoms. The average Bonchev–Trinajstić information content (AvgIpc) is 2.47. The highest BCUT2D eigenvalue weighted by molar-refractivity contribution is 14.1. The van der Waals surface area contributed by atoms with Gasteiger partial charge in [0.05, 0.1) is 0 Å². The summed E-state index contributed by atoms with van der Waals surface area (Å²) in [4.78, 5) is 25.5. The topological polar surface area (TPSA) is 63.4 Å². The first-order valence-corrected chi connectivity index (χ1v) is 7.55. The lowest BCUT2D eigenvalue weighted by molar-refractivity contribution is -0.122. The van der Waals surface area contributed by atoms with E-state index < -0.39 is 17.8 Å². The fourth-order valence-electron chi connectivity index (χ4n) is 2.17. The summed E-state index contributed by atoms with van der Waals surface area (Å²) in [7, 11) is 1.47. The maximum absolute atomic E-state index is 13.4. The Hall–Kier alpha value is -1.96. The second-order valence-electron chi connectivity index (χ2n) is 4.78. The van der Waals surface area contributed by atoms with Crippen LogP contribution < -0.4 is 5.73 Å². The summed E-state index contributed by atoms with van der Waals surface area (Å²) in [6, 6.07) is 11.4. The van der Waals surface area contributed by atoms with E-state index in [2.05, 4.69) is 22.6 Å². The Kier molecular flexibility index (Phi) is 5.12. The number of likely N-dealkylation sites (N-methyl/N-ethyl adjacent to an activating group) is 1. The third-order valence-electron chi connectivity index (χ3n) is 3.23. The van der Waals surface area contributed by atoms with Gasteiger partial charge in [0.15, 0.2) is 0 Å². The van der Waals surface area contributed by atoms with Crippen LogP contribution in [0.15, 0.2) is 48.5 Å². The van der Waals surface area contributed by atoms with Crippen molar-refractivity contribution in [1.29, 1.82) is 0 Å². The van der Waals surface area contributed by atoms with E-state index in [1.165, 1.54) is 30.1 Å². The van der Waals surface area contributed by atoms with E-state index in [0.29, 0.717) is 11.1 Å². The van der Waals surface area contributed by atoms with Crippen LogP contribution >= 0.6 is 22.6 Å². The average molecular weight is 412 g/mol. The van der Waals surface area contributed by atoms with Gasteiger partial charge in [-0.1, -0.05) is 12.1 Å². The molecule has 0 saturated carbocycles. The van der Waals surface area contributed by atoms with E-state index in [0.717, 1.165) is 3.57 Å². The van der Waals surface area contributed by atoms with Gasteiger partial charge in [0.25, 0.3) is 5.91 Å². The van der Waals surface area contributed by atoms with E-state index >= 15 is 0 Å². The van der Waals surface area contributed by atoms with Gasteiger partial charge in [-0.3, -0.25) is 9.59 Å². The molecule has 0 heterocycles. The number of primary amides is 1. The Labute approximate surface area is 141 Å². The number of hydrogen-bond donors (Lipinski definition) is 1. The minimum Gasteiger partial charge on any atom is -0.368 e. The molecule has 22 heavy (non-hydrogen) atoms. The van der Waals surface area contributed by atoms with E-state index in [4.69, 9.17) is 5.73 Å². The Morgan fingerprint density at radius 2 is 1.82 bits per heavy atom. The van der Waals surface area contributed by atoms with Crippen LogP contribution in [0.1, 0.15) is 22.0 Å². The number of nitrogens with two attached hydrogens (primary N) is 1. The number of nitrogens with zero attached hydrogens (tertiary/aromatic N) is 1. The van der Waals surface area contributed by atoms with Gasteiger partial charge in [-0.15, -0.1) is 0 Å². The van der Waals surface area contributed by atoms with Gasteiger partial charge >= 0.3 is 0 Å². The van der Waals surface area contributed by atoms with Crippen LogP contribution in [0.5, 0.6) is 0 Å². The van der Waals surface area contributed by atoms with Crippen LogP contribution in [0, 0.1) is 9.39 Å². The zero-order chi connectivity index (χ0) is 16.3. The van der Waals surface area contributed by atoms with Crippen LogP contribution in [0.3, 0.4) is 0 Å². The fraction of sp³-hybridized carbons (Fsp3) is 0.125. The molecule has 6 heteroatoms. The molecule has 0 aromatic heterocycles. The van der Waals surface area contributed by atoms with Crippen LogP contribution in [0.2, 0.25) is 0 Å². The molecule has 4 nitrogen and oxygen atoms in total. The summed E-state index contributed by atoms with van der Waals surface area (Å²) in [6.45, 7) is 0. The molecule has 2 rings (SSSR count). The highest BCUT2D eigenvalue weighted by Gasteiger charge is 2.27. The molecular formula is C16H14FIN2O2. The first-order valence-electron chi connectivity index (χ1n) is 6.47. The lowest BCUT2D eigenvalue weighted by Gasteiger charge is -2.26. The third kappa shape index (κ3) is 3.62. The summed E-state index contributed by atoms with van der Waals surface area (Å²) in [5.41, 5.74) is 6.18. The summed E-state index contributed by atoms with van der Waals surface area (Å²) in [5, 5.41) is 0. The maximum atomic E-state index is 13.4. The van der Waals surface area contributed by atoms with Crippen molar-refractivity contribution in [2.75, 3.05) is 7.05 Å². The molecule has 0 saturated heterocycles. The number of rotatable bonds is 4. The van der Waals surface area contributed by atoms with Gasteiger partial charge in [0.1, 0.15) is 11.9 Å². The number of carbonyl (C=O) groups is 2. The molecule has 114 valence electrons. The molecule has 1 unspecified atom stereocenters. The predicted octanol–water partition coefficient (Wildman–Crippen LogP) is 2.73. The summed E-state index contributed by atoms with van der Waals surface area (Å²) in [5.74, 6) is -1.56. The second kappa shape index (κ2) is 6.87. The van der Waals surface area contributed by atoms with Crippen molar-refractivity contribution in [3.8, 4) is 0 Å². The van der Waals surface area contributed by atoms with Crippen molar-refractivity contribution in [3.63, 3.8) is 0 Å². The molecule has 0 aliphatic rings. The van der Waals surface area contributed by atoms with E-state index in [1.54, 1.807) is 30.3 Å². The van der Waals surface area contributed by atoms with Crippen molar-refractivity contribution in [2.24, 2.45) is 5.73 Å². The highest BCUT2D eigenvalue weighted by atomic mass is 127. The number of benzene rings is 2. The van der Waals surface area contributed by atoms with E-state index in [1.807, 2.05) is 0 Å². The first-order chi connectivity index (χ1) is 10.4. The number of hydrogen-bond acceptors (Lipinski definition) is 2. The van der Waals surface area contributed by atoms with Gasteiger partial charge in [-0.2, -0.15) is 0 Å². The van der Waals surface area contributed by atoms with Crippen LogP contribution in [-0.2, 0) is 4.79 Å². The molecular weight excluding hydrogens is 398 g/mol. The molecule has 0 radical (unpaired) electrons. The van der Waals surface area contributed by atoms with Gasteiger partial charge in [0, 0.05) is 16.2 Å². The zero-order valence-corrected chi connectivity index (χ0v) is 14.0. The predicted molar refractivity (Wildman–Crippen MR) is 89.6 cm³/mol. The van der Waals surface area contributed by atoms with Crippen molar-refractivity contribution in [1.82, 2.24) is 4.90 Å². The SMILES string of the molecule is CN(C(=O)c1ccc(I)cc1)C(C(N)=O)c1cccc(F)c1. The molecule has 2 N–H and O–H groups in total. The Balaban J connectivity index is 2.34. The summed E-state index contributed by atoms with van der Waals surface area (Å²) >= 11 is 2.13. The van der Waals surface area contributed by atoms with Crippen molar-refractivity contribution in [2.45, 2.75) is 6.04 Å². The smallest absolute Gasteiger partial charge is 0.254 e. The van der Waals surface area contributed by atoms with E-state index in [9.17, 15) is 14.0 Å². The summed E-state index contributed by atoms with van der Waals surface area (Å²) in [6.07, 6.45) is 0. The first kappa shape index (κ1) is 16.4. The molecule has 2 amide bonds. The van der Waals surface area contributed by atoms with Crippen molar-refractivity contribution >= 4 is 34.4 Å². The molecule has 0 aliphatic heterocycles. The standard InChI is InChI=1S/C16H14FIN2O2/c1-20(16(22)10-5-7-13(18)8-6-10)14(15(19)21)11-3-2-4-12(17)9-11/h2-9,14H,1H3,(H2,19,21). The monoisotopic (exact) mass is 412 g/mol. The van der Waals surface area contributed by atoms with Crippen LogP contribution in [0.25, 0.3) is 0 Å². The maximum Gasteiger partial charge on any atom is 0.254 e. The Bertz CT molecular complexity index is 704. The van der Waals surface area contributed by atoms with Gasteiger partial charge in [0.2, 0.25) is 5.91 Å². The van der Waals surface area contributed by atoms with Gasteiger partial charge < -0.3 is 10.6 Å². The largest absolute Gasteiger partial charge is 0.368 e. The zero-order valence-electron chi connectivity index (χ0n) is 11.8. The van der Waals surface area contributed by atoms with Crippen LogP contribution in [-0.4, -0.2) is 23.8 Å². The van der Waals surface area contributed by atoms with Crippen LogP contribution in [0.4, 0.5) is 4.39 Å². The highest BCUT2D eigenvalue weighted by Crippen LogP contribution is 2.22. The number of carbonyl (C=O) groups excluding carboxylic acids is 2. The summed E-state index contributed by atoms with van der Waals surface area (Å²) < 4.78 is 14.4. The van der Waals surface area contributed by atoms with E-state index in [-0.39, 0.29) is 5.91 Å². The van der Waals surface area contributed by atoms with Crippen molar-refractivity contribution < 1.29 is 14.0 Å². The van der Waals surface area contributed by atoms with Crippen molar-refractivity contribution in [3.05, 3.63) is 69.0 Å². The fourth-order valence-corrected chi connectivity index (χ4v) is 2.53. The minimum absolute atomic E-state index is 0.342. The molecule has 0 aliphatic carbocycles. The molecule has 0 bridgehead atoms. The lowest BCUT2D eigenvalue weighted by Crippen LogP contribution is -2.39. The number of amides is 2. The third-order valence-corrected chi connectivity index (χ3v) is 3.95. The number of halogens is 2. The second-order valence-corrected chi connectivity index (χ2v) is 6.03. The molecule has 2 aromatic carbocycles. The molecule has 0 fully saturated rings. The normalized spacial score (nSPS) is 11.8. The molecule has 1 atom stereocenters. The lowest BCUT2D eigenvalue weighted by atomic mass is 10.0.